The van der Waals surface area contributed by atoms with Gasteiger partial charge in [-0.2, -0.15) is 0 Å². The molecular weight excluding hydrogens is 208 g/mol. The largest absolute Gasteiger partial charge is 0.398 e. The summed E-state index contributed by atoms with van der Waals surface area (Å²) in [6.45, 7) is 0. The van der Waals surface area contributed by atoms with E-state index in [-0.39, 0.29) is 0 Å². The normalized spacial score (nSPS) is 10.6. The lowest BCUT2D eigenvalue weighted by atomic mass is 9.99. The first kappa shape index (κ1) is 9.85. The standard InChI is InChI=1S/C15H12N2/c16-15-8-2-6-13-12(5-1-7-14(13)15)11-4-3-9-17-10-11/h1-10H,16H2. The average molecular weight is 220 g/mol. The van der Waals surface area contributed by atoms with Gasteiger partial charge in [0.2, 0.25) is 0 Å². The summed E-state index contributed by atoms with van der Waals surface area (Å²) in [4.78, 5) is 4.16. The maximum Gasteiger partial charge on any atom is 0.0393 e. The molecule has 1 aromatic heterocycles. The molecule has 0 aliphatic heterocycles. The van der Waals surface area contributed by atoms with Crippen molar-refractivity contribution in [3.63, 3.8) is 0 Å². The highest BCUT2D eigenvalue weighted by Crippen LogP contribution is 2.30. The highest BCUT2D eigenvalue weighted by atomic mass is 14.6. The van der Waals surface area contributed by atoms with Crippen LogP contribution in [0.15, 0.2) is 60.9 Å². The highest BCUT2D eigenvalue weighted by Gasteiger charge is 2.04. The van der Waals surface area contributed by atoms with Crippen LogP contribution in [0.2, 0.25) is 0 Å². The van der Waals surface area contributed by atoms with Crippen LogP contribution < -0.4 is 5.73 Å². The van der Waals surface area contributed by atoms with Crippen molar-refractivity contribution in [1.82, 2.24) is 4.98 Å². The van der Waals surface area contributed by atoms with Gasteiger partial charge in [-0.25, -0.2) is 0 Å². The summed E-state index contributed by atoms with van der Waals surface area (Å²) in [5.41, 5.74) is 9.08. The zero-order chi connectivity index (χ0) is 11.7. The van der Waals surface area contributed by atoms with E-state index in [0.717, 1.165) is 16.6 Å². The molecule has 17 heavy (non-hydrogen) atoms. The number of nitrogens with two attached hydrogens (primary N) is 1. The summed E-state index contributed by atoms with van der Waals surface area (Å²) in [6, 6.07) is 16.2. The Labute approximate surface area is 99.7 Å². The van der Waals surface area contributed by atoms with Gasteiger partial charge in [0.1, 0.15) is 0 Å². The molecule has 2 N–H and O–H groups in total. The van der Waals surface area contributed by atoms with Crippen molar-refractivity contribution in [2.75, 3.05) is 5.73 Å². The maximum atomic E-state index is 5.99. The van der Waals surface area contributed by atoms with Crippen molar-refractivity contribution >= 4 is 16.5 Å². The van der Waals surface area contributed by atoms with E-state index >= 15 is 0 Å². The van der Waals surface area contributed by atoms with Crippen LogP contribution in [0.1, 0.15) is 0 Å². The summed E-state index contributed by atoms with van der Waals surface area (Å²) in [5.74, 6) is 0. The first-order valence-electron chi connectivity index (χ1n) is 5.54. The van der Waals surface area contributed by atoms with Gasteiger partial charge in [-0.05, 0) is 23.1 Å². The van der Waals surface area contributed by atoms with E-state index in [1.807, 2.05) is 36.5 Å². The number of anilines is 1. The second-order valence-corrected chi connectivity index (χ2v) is 3.99. The summed E-state index contributed by atoms with van der Waals surface area (Å²) in [5, 5.41) is 2.26. The third-order valence-corrected chi connectivity index (χ3v) is 2.93. The molecule has 82 valence electrons. The SMILES string of the molecule is Nc1cccc2c(-c3cccnc3)cccc12. The first-order chi connectivity index (χ1) is 8.36. The van der Waals surface area contributed by atoms with Crippen LogP contribution in [-0.4, -0.2) is 4.98 Å². The lowest BCUT2D eigenvalue weighted by Crippen LogP contribution is -1.88. The van der Waals surface area contributed by atoms with Crippen LogP contribution in [0.25, 0.3) is 21.9 Å². The van der Waals surface area contributed by atoms with Gasteiger partial charge in [0.15, 0.2) is 0 Å². The Hall–Kier alpha value is -2.35. The van der Waals surface area contributed by atoms with Crippen molar-refractivity contribution in [3.8, 4) is 11.1 Å². The second-order valence-electron chi connectivity index (χ2n) is 3.99. The van der Waals surface area contributed by atoms with E-state index in [9.17, 15) is 0 Å². The number of fused-ring (bicyclic) bond motifs is 1. The van der Waals surface area contributed by atoms with Crippen molar-refractivity contribution in [1.29, 1.82) is 0 Å². The number of pyridine rings is 1. The third-order valence-electron chi connectivity index (χ3n) is 2.93. The van der Waals surface area contributed by atoms with E-state index in [1.165, 1.54) is 10.9 Å². The predicted octanol–water partition coefficient (Wildman–Crippen LogP) is 3.48. The molecule has 0 saturated heterocycles. The summed E-state index contributed by atoms with van der Waals surface area (Å²) < 4.78 is 0. The fourth-order valence-corrected chi connectivity index (χ4v) is 2.11. The van der Waals surface area contributed by atoms with Crippen molar-refractivity contribution < 1.29 is 0 Å². The van der Waals surface area contributed by atoms with Gasteiger partial charge in [-0.3, -0.25) is 4.98 Å². The van der Waals surface area contributed by atoms with E-state index in [0.29, 0.717) is 0 Å². The molecule has 3 rings (SSSR count). The lowest BCUT2D eigenvalue weighted by Gasteiger charge is -2.07. The molecule has 0 saturated carbocycles. The molecule has 0 atom stereocenters. The second kappa shape index (κ2) is 3.91. The molecule has 2 heteroatoms. The molecule has 0 radical (unpaired) electrons. The molecular formula is C15H12N2. The summed E-state index contributed by atoms with van der Waals surface area (Å²) in [7, 11) is 0. The minimum absolute atomic E-state index is 0.813. The third kappa shape index (κ3) is 1.64. The van der Waals surface area contributed by atoms with Gasteiger partial charge in [0.25, 0.3) is 0 Å². The van der Waals surface area contributed by atoms with E-state index in [1.54, 1.807) is 6.20 Å². The van der Waals surface area contributed by atoms with E-state index in [2.05, 4.69) is 23.2 Å². The minimum atomic E-state index is 0.813. The summed E-state index contributed by atoms with van der Waals surface area (Å²) >= 11 is 0. The number of nitrogens with zero attached hydrogens (tertiary/aromatic N) is 1. The zero-order valence-electron chi connectivity index (χ0n) is 9.30. The minimum Gasteiger partial charge on any atom is -0.398 e. The molecule has 2 aromatic carbocycles. The fraction of sp³-hybridized carbons (Fsp3) is 0. The van der Waals surface area contributed by atoms with Gasteiger partial charge in [0.05, 0.1) is 0 Å². The Morgan fingerprint density at radius 3 is 2.47 bits per heavy atom. The Bertz CT molecular complexity index is 660. The molecule has 0 spiro atoms. The van der Waals surface area contributed by atoms with Crippen LogP contribution >= 0.6 is 0 Å². The van der Waals surface area contributed by atoms with Crippen molar-refractivity contribution in [2.24, 2.45) is 0 Å². The number of rotatable bonds is 1. The number of hydrogen-bond acceptors (Lipinski definition) is 2. The molecule has 0 fully saturated rings. The average Bonchev–Trinajstić information content (AvgIpc) is 2.40. The number of aromatic nitrogens is 1. The topological polar surface area (TPSA) is 38.9 Å². The van der Waals surface area contributed by atoms with Crippen LogP contribution in [0, 0.1) is 0 Å². The summed E-state index contributed by atoms with van der Waals surface area (Å²) in [6.07, 6.45) is 3.65. The molecule has 0 aliphatic rings. The van der Waals surface area contributed by atoms with Crippen LogP contribution in [0.5, 0.6) is 0 Å². The number of hydrogen-bond donors (Lipinski definition) is 1. The molecule has 0 amide bonds. The van der Waals surface area contributed by atoms with Gasteiger partial charge in [-0.1, -0.05) is 36.4 Å². The smallest absolute Gasteiger partial charge is 0.0393 e. The van der Waals surface area contributed by atoms with Gasteiger partial charge >= 0.3 is 0 Å². The maximum absolute atomic E-state index is 5.99. The van der Waals surface area contributed by atoms with Crippen molar-refractivity contribution in [2.45, 2.75) is 0 Å². The highest BCUT2D eigenvalue weighted by molar-refractivity contribution is 6.02. The molecule has 1 heterocycles. The molecule has 0 bridgehead atoms. The first-order valence-corrected chi connectivity index (χ1v) is 5.54. The van der Waals surface area contributed by atoms with E-state index in [4.69, 9.17) is 5.73 Å². The molecule has 3 aromatic rings. The Morgan fingerprint density at radius 1 is 0.824 bits per heavy atom. The van der Waals surface area contributed by atoms with Crippen molar-refractivity contribution in [3.05, 3.63) is 60.9 Å². The number of nitrogen functional groups attached to an aromatic ring is 1. The Kier molecular flexibility index (Phi) is 2.26. The Morgan fingerprint density at radius 2 is 1.65 bits per heavy atom. The molecule has 0 unspecified atom stereocenters. The van der Waals surface area contributed by atoms with E-state index < -0.39 is 0 Å². The van der Waals surface area contributed by atoms with Gasteiger partial charge in [0, 0.05) is 29.0 Å². The quantitative estimate of drug-likeness (QED) is 0.637. The van der Waals surface area contributed by atoms with Crippen LogP contribution in [0.3, 0.4) is 0 Å². The monoisotopic (exact) mass is 220 g/mol. The zero-order valence-corrected chi connectivity index (χ0v) is 9.30. The van der Waals surface area contributed by atoms with Gasteiger partial charge in [-0.15, -0.1) is 0 Å². The molecule has 2 nitrogen and oxygen atoms in total. The van der Waals surface area contributed by atoms with Gasteiger partial charge < -0.3 is 5.73 Å². The predicted molar refractivity (Wildman–Crippen MR) is 71.6 cm³/mol. The fourth-order valence-electron chi connectivity index (χ4n) is 2.11. The Balaban J connectivity index is 2.35. The molecule has 0 aliphatic carbocycles. The number of benzene rings is 2. The lowest BCUT2D eigenvalue weighted by molar-refractivity contribution is 1.33. The van der Waals surface area contributed by atoms with Crippen LogP contribution in [-0.2, 0) is 0 Å². The van der Waals surface area contributed by atoms with Crippen LogP contribution in [0.4, 0.5) is 5.69 Å².